The van der Waals surface area contributed by atoms with Gasteiger partial charge in [0.2, 0.25) is 4.80 Å². The lowest BCUT2D eigenvalue weighted by Crippen LogP contribution is -2.25. The third-order valence-corrected chi connectivity index (χ3v) is 6.50. The van der Waals surface area contributed by atoms with Gasteiger partial charge in [0.05, 0.1) is 27.7 Å². The smallest absolute Gasteiger partial charge is 0.262 e. The van der Waals surface area contributed by atoms with Crippen LogP contribution < -0.4 is 14.9 Å². The van der Waals surface area contributed by atoms with Gasteiger partial charge in [-0.2, -0.15) is 5.10 Å². The van der Waals surface area contributed by atoms with Crippen molar-refractivity contribution in [2.24, 2.45) is 10.1 Å². The monoisotopic (exact) mass is 446 g/mol. The maximum atomic E-state index is 11.7. The number of aromatic nitrogens is 1. The fourth-order valence-electron chi connectivity index (χ4n) is 3.21. The molecule has 0 unspecified atom stereocenters. The normalized spacial score (nSPS) is 14.2. The van der Waals surface area contributed by atoms with Crippen molar-refractivity contribution in [1.29, 1.82) is 0 Å². The van der Waals surface area contributed by atoms with Crippen molar-refractivity contribution in [2.75, 3.05) is 11.9 Å². The number of fused-ring (bicyclic) bond motifs is 1. The van der Waals surface area contributed by atoms with Gasteiger partial charge in [-0.15, -0.1) is 22.7 Å². The van der Waals surface area contributed by atoms with E-state index in [1.54, 1.807) is 11.3 Å². The van der Waals surface area contributed by atoms with Gasteiger partial charge in [0, 0.05) is 10.9 Å². The van der Waals surface area contributed by atoms with Gasteiger partial charge in [0.25, 0.3) is 5.91 Å². The van der Waals surface area contributed by atoms with Gasteiger partial charge >= 0.3 is 0 Å². The summed E-state index contributed by atoms with van der Waals surface area (Å²) in [4.78, 5) is 18.4. The van der Waals surface area contributed by atoms with Crippen molar-refractivity contribution in [3.05, 3.63) is 81.1 Å². The maximum absolute atomic E-state index is 11.7. The van der Waals surface area contributed by atoms with Gasteiger partial charge in [-0.25, -0.2) is 9.67 Å². The van der Waals surface area contributed by atoms with Crippen molar-refractivity contribution in [3.8, 4) is 17.0 Å². The van der Waals surface area contributed by atoms with E-state index in [1.807, 2.05) is 77.0 Å². The molecule has 0 saturated carbocycles. The number of hydrogen-bond acceptors (Lipinski definition) is 6. The van der Waals surface area contributed by atoms with Crippen LogP contribution in [0.1, 0.15) is 11.8 Å². The molecule has 5 rings (SSSR count). The molecule has 1 amide bonds. The number of nitrogens with one attached hydrogen (secondary N) is 1. The highest BCUT2D eigenvalue weighted by Gasteiger charge is 2.18. The number of hydrogen-bond donors (Lipinski definition) is 1. The second-order valence-electron chi connectivity index (χ2n) is 6.87. The Hall–Kier alpha value is -3.49. The lowest BCUT2D eigenvalue weighted by Gasteiger charge is -2.18. The number of ether oxygens (including phenoxy) is 1. The molecule has 154 valence electrons. The third kappa shape index (κ3) is 4.08. The first-order chi connectivity index (χ1) is 15.2. The average Bonchev–Trinajstić information content (AvgIpc) is 3.45. The van der Waals surface area contributed by atoms with E-state index in [9.17, 15) is 4.79 Å². The molecule has 8 heteroatoms. The number of amides is 1. The summed E-state index contributed by atoms with van der Waals surface area (Å²) >= 11 is 3.16. The highest BCUT2D eigenvalue weighted by Crippen LogP contribution is 2.33. The number of benzene rings is 2. The van der Waals surface area contributed by atoms with Gasteiger partial charge in [-0.05, 0) is 48.7 Å². The zero-order valence-electron chi connectivity index (χ0n) is 16.6. The summed E-state index contributed by atoms with van der Waals surface area (Å²) in [6.45, 7) is 2.03. The predicted octanol–water partition coefficient (Wildman–Crippen LogP) is 5.11. The van der Waals surface area contributed by atoms with Crippen LogP contribution in [0.15, 0.2) is 81.5 Å². The van der Waals surface area contributed by atoms with Gasteiger partial charge in [-0.3, -0.25) is 4.79 Å². The van der Waals surface area contributed by atoms with E-state index in [-0.39, 0.29) is 12.5 Å². The number of carbonyl (C=O) groups excluding carboxylic acids is 1. The highest BCUT2D eigenvalue weighted by atomic mass is 32.1. The molecule has 31 heavy (non-hydrogen) atoms. The molecule has 0 atom stereocenters. The Balaban J connectivity index is 1.66. The first kappa shape index (κ1) is 19.5. The zero-order chi connectivity index (χ0) is 21.2. The molecular formula is C23H18N4O2S2. The van der Waals surface area contributed by atoms with Crippen LogP contribution in [0, 0.1) is 0 Å². The molecule has 1 aliphatic rings. The third-order valence-electron chi connectivity index (χ3n) is 4.70. The number of carbonyl (C=O) groups is 1. The summed E-state index contributed by atoms with van der Waals surface area (Å²) < 4.78 is 7.35. The van der Waals surface area contributed by atoms with E-state index < -0.39 is 0 Å². The molecule has 2 aromatic carbocycles. The Morgan fingerprint density at radius 3 is 2.77 bits per heavy atom. The summed E-state index contributed by atoms with van der Waals surface area (Å²) in [6, 6.07) is 19.6. The molecule has 1 N–H and O–H groups in total. The van der Waals surface area contributed by atoms with Crippen molar-refractivity contribution >= 4 is 45.7 Å². The number of rotatable bonds is 4. The Morgan fingerprint density at radius 1 is 1.10 bits per heavy atom. The van der Waals surface area contributed by atoms with E-state index in [2.05, 4.69) is 11.4 Å². The molecule has 2 aromatic heterocycles. The van der Waals surface area contributed by atoms with Crippen LogP contribution in [0.5, 0.6) is 5.75 Å². The molecule has 0 radical (unpaired) electrons. The summed E-state index contributed by atoms with van der Waals surface area (Å²) in [5.41, 5.74) is 4.22. The van der Waals surface area contributed by atoms with Gasteiger partial charge in [-0.1, -0.05) is 24.3 Å². The molecule has 4 aromatic rings. The molecule has 6 nitrogen and oxygen atoms in total. The van der Waals surface area contributed by atoms with Crippen molar-refractivity contribution in [1.82, 2.24) is 4.68 Å². The maximum Gasteiger partial charge on any atom is 0.262 e. The van der Waals surface area contributed by atoms with Gasteiger partial charge in [0.1, 0.15) is 5.75 Å². The minimum atomic E-state index is -0.158. The first-order valence-electron chi connectivity index (χ1n) is 9.64. The summed E-state index contributed by atoms with van der Waals surface area (Å²) in [7, 11) is 0. The zero-order valence-corrected chi connectivity index (χ0v) is 18.2. The second kappa shape index (κ2) is 8.33. The fourth-order valence-corrected chi connectivity index (χ4v) is 4.73. The summed E-state index contributed by atoms with van der Waals surface area (Å²) in [5, 5.41) is 11.8. The van der Waals surface area contributed by atoms with E-state index in [4.69, 9.17) is 14.8 Å². The van der Waals surface area contributed by atoms with E-state index in [0.717, 1.165) is 32.3 Å². The number of para-hydroxylation sites is 1. The van der Waals surface area contributed by atoms with Crippen LogP contribution >= 0.6 is 22.7 Å². The molecular weight excluding hydrogens is 428 g/mol. The molecule has 0 aliphatic carbocycles. The standard InChI is InChI=1S/C23H18N4O2S2/c1-15(21-8-5-11-30-21)26-27-19(14-31-23(27)24-17-6-3-2-4-7-17)16-9-10-20-18(12-16)25-22(28)13-29-20/h2-12,14H,13H2,1H3,(H,25,28). The summed E-state index contributed by atoms with van der Waals surface area (Å²) in [6.07, 6.45) is 0. The quantitative estimate of drug-likeness (QED) is 0.443. The molecule has 0 fully saturated rings. The van der Waals surface area contributed by atoms with Crippen LogP contribution in [0.4, 0.5) is 11.4 Å². The Kier molecular flexibility index (Phi) is 5.23. The SMILES string of the molecule is CC(=Nn1c(-c2ccc3c(c2)NC(=O)CO3)csc1=Nc1ccccc1)c1cccs1. The highest BCUT2D eigenvalue weighted by molar-refractivity contribution is 7.12. The minimum Gasteiger partial charge on any atom is -0.482 e. The Labute approximate surface area is 186 Å². The van der Waals surface area contributed by atoms with Crippen LogP contribution in [0.25, 0.3) is 11.3 Å². The first-order valence-corrected chi connectivity index (χ1v) is 11.4. The largest absolute Gasteiger partial charge is 0.482 e. The van der Waals surface area contributed by atoms with E-state index in [1.165, 1.54) is 11.3 Å². The molecule has 1 aliphatic heterocycles. The Bertz CT molecular complexity index is 1340. The number of thiazole rings is 1. The van der Waals surface area contributed by atoms with Crippen LogP contribution in [0.2, 0.25) is 0 Å². The van der Waals surface area contributed by atoms with Crippen molar-refractivity contribution < 1.29 is 9.53 Å². The fraction of sp³-hybridized carbons (Fsp3) is 0.0870. The van der Waals surface area contributed by atoms with Crippen molar-refractivity contribution in [2.45, 2.75) is 6.92 Å². The number of thiophene rings is 1. The van der Waals surface area contributed by atoms with Gasteiger partial charge < -0.3 is 10.1 Å². The second-order valence-corrected chi connectivity index (χ2v) is 8.66. The predicted molar refractivity (Wildman–Crippen MR) is 125 cm³/mol. The van der Waals surface area contributed by atoms with Crippen LogP contribution in [-0.4, -0.2) is 22.9 Å². The molecule has 0 spiro atoms. The van der Waals surface area contributed by atoms with Crippen LogP contribution in [0.3, 0.4) is 0 Å². The number of nitrogens with zero attached hydrogens (tertiary/aromatic N) is 3. The van der Waals surface area contributed by atoms with E-state index in [0.29, 0.717) is 11.4 Å². The lowest BCUT2D eigenvalue weighted by molar-refractivity contribution is -0.118. The van der Waals surface area contributed by atoms with Gasteiger partial charge in [0.15, 0.2) is 6.61 Å². The molecule has 3 heterocycles. The Morgan fingerprint density at radius 2 is 1.97 bits per heavy atom. The van der Waals surface area contributed by atoms with Crippen molar-refractivity contribution in [3.63, 3.8) is 0 Å². The minimum absolute atomic E-state index is 0.0369. The topological polar surface area (TPSA) is 68.0 Å². The summed E-state index contributed by atoms with van der Waals surface area (Å²) in [5.74, 6) is 0.506. The van der Waals surface area contributed by atoms with Crippen LogP contribution in [-0.2, 0) is 4.79 Å². The molecule has 0 bridgehead atoms. The number of anilines is 1. The van der Waals surface area contributed by atoms with E-state index >= 15 is 0 Å². The average molecular weight is 447 g/mol. The lowest BCUT2D eigenvalue weighted by atomic mass is 10.1. The molecule has 0 saturated heterocycles.